The van der Waals surface area contributed by atoms with Crippen LogP contribution in [0.5, 0.6) is 0 Å². The van der Waals surface area contributed by atoms with E-state index in [1.54, 1.807) is 12.1 Å². The molecule has 108 valence electrons. The largest absolute Gasteiger partial charge is 0.458 e. The van der Waals surface area contributed by atoms with E-state index in [9.17, 15) is 4.79 Å². The average molecular weight is 275 g/mol. The minimum Gasteiger partial charge on any atom is -0.458 e. The van der Waals surface area contributed by atoms with Crippen LogP contribution in [0.3, 0.4) is 0 Å². The van der Waals surface area contributed by atoms with Crippen LogP contribution in [0.15, 0.2) is 30.3 Å². The van der Waals surface area contributed by atoms with E-state index in [1.165, 1.54) is 12.8 Å². The Hall–Kier alpha value is -1.39. The van der Waals surface area contributed by atoms with Crippen molar-refractivity contribution in [2.24, 2.45) is 0 Å². The molecule has 0 amide bonds. The lowest BCUT2D eigenvalue weighted by Crippen LogP contribution is -2.45. The van der Waals surface area contributed by atoms with Gasteiger partial charge in [-0.1, -0.05) is 18.2 Å². The highest BCUT2D eigenvalue weighted by atomic mass is 16.5. The molecule has 2 fully saturated rings. The standard InChI is InChI=1S/C16H21NO3/c1-12(19-16(18)13-5-3-2-4-6-13)9-17-10-14-7-8-15(11-17)20-14/h2-6,12,14-15H,7-11H2,1H3/t12-,14-,15+/m0/s1. The molecular weight excluding hydrogens is 254 g/mol. The van der Waals surface area contributed by atoms with Gasteiger partial charge in [0.25, 0.3) is 0 Å². The first-order valence-corrected chi connectivity index (χ1v) is 7.34. The van der Waals surface area contributed by atoms with Crippen LogP contribution >= 0.6 is 0 Å². The predicted octanol–water partition coefficient (Wildman–Crippen LogP) is 2.10. The molecule has 2 heterocycles. The summed E-state index contributed by atoms with van der Waals surface area (Å²) in [6.07, 6.45) is 3.00. The zero-order valence-electron chi connectivity index (χ0n) is 11.8. The zero-order valence-corrected chi connectivity index (χ0v) is 11.8. The Morgan fingerprint density at radius 3 is 2.60 bits per heavy atom. The highest BCUT2D eigenvalue weighted by Crippen LogP contribution is 2.26. The zero-order chi connectivity index (χ0) is 13.9. The first-order valence-electron chi connectivity index (χ1n) is 7.34. The number of likely N-dealkylation sites (tertiary alicyclic amines) is 1. The SMILES string of the molecule is C[C@@H](CN1C[C@H]2CC[C@@H](C1)O2)OC(=O)c1ccccc1. The summed E-state index contributed by atoms with van der Waals surface area (Å²) in [7, 11) is 0. The van der Waals surface area contributed by atoms with Crippen molar-refractivity contribution < 1.29 is 14.3 Å². The van der Waals surface area contributed by atoms with E-state index in [-0.39, 0.29) is 12.1 Å². The van der Waals surface area contributed by atoms with E-state index in [2.05, 4.69) is 4.90 Å². The molecule has 0 unspecified atom stereocenters. The first kappa shape index (κ1) is 13.6. The van der Waals surface area contributed by atoms with Crippen molar-refractivity contribution in [1.82, 2.24) is 4.90 Å². The Balaban J connectivity index is 1.50. The second-order valence-electron chi connectivity index (χ2n) is 5.76. The summed E-state index contributed by atoms with van der Waals surface area (Å²) in [5.74, 6) is -0.241. The van der Waals surface area contributed by atoms with Gasteiger partial charge in [-0.15, -0.1) is 0 Å². The van der Waals surface area contributed by atoms with Crippen LogP contribution in [-0.4, -0.2) is 48.8 Å². The number of rotatable bonds is 4. The van der Waals surface area contributed by atoms with Crippen LogP contribution in [-0.2, 0) is 9.47 Å². The van der Waals surface area contributed by atoms with E-state index in [1.807, 2.05) is 25.1 Å². The molecule has 3 rings (SSSR count). The van der Waals surface area contributed by atoms with Crippen LogP contribution in [0.25, 0.3) is 0 Å². The Morgan fingerprint density at radius 1 is 1.30 bits per heavy atom. The fraction of sp³-hybridized carbons (Fsp3) is 0.562. The summed E-state index contributed by atoms with van der Waals surface area (Å²) in [6.45, 7) is 4.67. The number of benzene rings is 1. The molecule has 2 aliphatic heterocycles. The molecule has 0 saturated carbocycles. The van der Waals surface area contributed by atoms with Crippen molar-refractivity contribution >= 4 is 5.97 Å². The van der Waals surface area contributed by atoms with Crippen molar-refractivity contribution in [2.45, 2.75) is 38.1 Å². The van der Waals surface area contributed by atoms with Crippen molar-refractivity contribution in [2.75, 3.05) is 19.6 Å². The number of hydrogen-bond acceptors (Lipinski definition) is 4. The third kappa shape index (κ3) is 3.19. The fourth-order valence-corrected chi connectivity index (χ4v) is 3.07. The van der Waals surface area contributed by atoms with Crippen molar-refractivity contribution in [3.63, 3.8) is 0 Å². The van der Waals surface area contributed by atoms with Gasteiger partial charge in [-0.3, -0.25) is 4.90 Å². The maximum absolute atomic E-state index is 12.0. The van der Waals surface area contributed by atoms with Gasteiger partial charge in [0.2, 0.25) is 0 Å². The molecule has 0 radical (unpaired) electrons. The molecule has 3 atom stereocenters. The molecule has 4 nitrogen and oxygen atoms in total. The normalized spacial score (nSPS) is 27.2. The molecule has 2 saturated heterocycles. The highest BCUT2D eigenvalue weighted by Gasteiger charge is 2.34. The number of esters is 1. The maximum atomic E-state index is 12.0. The van der Waals surface area contributed by atoms with Crippen molar-refractivity contribution in [3.8, 4) is 0 Å². The number of hydrogen-bond donors (Lipinski definition) is 0. The van der Waals surface area contributed by atoms with Gasteiger partial charge in [-0.25, -0.2) is 4.79 Å². The smallest absolute Gasteiger partial charge is 0.338 e. The van der Waals surface area contributed by atoms with Gasteiger partial charge >= 0.3 is 5.97 Å². The molecule has 1 aromatic carbocycles. The molecule has 0 aliphatic carbocycles. The third-order valence-electron chi connectivity index (χ3n) is 3.95. The lowest BCUT2D eigenvalue weighted by Gasteiger charge is -2.33. The van der Waals surface area contributed by atoms with Crippen LogP contribution in [0.4, 0.5) is 0 Å². The summed E-state index contributed by atoms with van der Waals surface area (Å²) < 4.78 is 11.3. The van der Waals surface area contributed by atoms with Crippen LogP contribution in [0, 0.1) is 0 Å². The molecule has 0 aromatic heterocycles. The Morgan fingerprint density at radius 2 is 1.95 bits per heavy atom. The number of carbonyl (C=O) groups is 1. The van der Waals surface area contributed by atoms with E-state index in [0.29, 0.717) is 17.8 Å². The summed E-state index contributed by atoms with van der Waals surface area (Å²) in [5, 5.41) is 0. The monoisotopic (exact) mass is 275 g/mol. The molecule has 0 N–H and O–H groups in total. The second kappa shape index (κ2) is 5.94. The topological polar surface area (TPSA) is 38.8 Å². The Kier molecular flexibility index (Phi) is 4.03. The molecule has 4 heteroatoms. The summed E-state index contributed by atoms with van der Waals surface area (Å²) in [4.78, 5) is 14.3. The third-order valence-corrected chi connectivity index (χ3v) is 3.95. The fourth-order valence-electron chi connectivity index (χ4n) is 3.07. The maximum Gasteiger partial charge on any atom is 0.338 e. The van der Waals surface area contributed by atoms with Crippen LogP contribution < -0.4 is 0 Å². The van der Waals surface area contributed by atoms with Gasteiger partial charge in [0, 0.05) is 19.6 Å². The van der Waals surface area contributed by atoms with Gasteiger partial charge in [-0.05, 0) is 31.9 Å². The lowest BCUT2D eigenvalue weighted by atomic mass is 10.2. The van der Waals surface area contributed by atoms with Gasteiger partial charge < -0.3 is 9.47 Å². The molecular formula is C16H21NO3. The van der Waals surface area contributed by atoms with Gasteiger partial charge in [0.05, 0.1) is 17.8 Å². The van der Waals surface area contributed by atoms with E-state index < -0.39 is 0 Å². The van der Waals surface area contributed by atoms with Crippen LogP contribution in [0.2, 0.25) is 0 Å². The summed E-state index contributed by atoms with van der Waals surface area (Å²) in [5.41, 5.74) is 0.612. The molecule has 2 bridgehead atoms. The molecule has 0 spiro atoms. The second-order valence-corrected chi connectivity index (χ2v) is 5.76. The first-order chi connectivity index (χ1) is 9.70. The Labute approximate surface area is 119 Å². The number of morpholine rings is 1. The summed E-state index contributed by atoms with van der Waals surface area (Å²) >= 11 is 0. The van der Waals surface area contributed by atoms with Gasteiger partial charge in [-0.2, -0.15) is 0 Å². The number of nitrogens with zero attached hydrogens (tertiary/aromatic N) is 1. The number of ether oxygens (including phenoxy) is 2. The van der Waals surface area contributed by atoms with Crippen molar-refractivity contribution in [1.29, 1.82) is 0 Å². The van der Waals surface area contributed by atoms with E-state index in [4.69, 9.17) is 9.47 Å². The molecule has 1 aromatic rings. The Bertz CT molecular complexity index is 450. The molecule has 2 aliphatic rings. The summed E-state index contributed by atoms with van der Waals surface area (Å²) in [6, 6.07) is 9.15. The minimum absolute atomic E-state index is 0.0970. The quantitative estimate of drug-likeness (QED) is 0.789. The molecule has 20 heavy (non-hydrogen) atoms. The predicted molar refractivity (Wildman–Crippen MR) is 75.7 cm³/mol. The lowest BCUT2D eigenvalue weighted by molar-refractivity contribution is -0.0507. The van der Waals surface area contributed by atoms with Crippen LogP contribution in [0.1, 0.15) is 30.1 Å². The van der Waals surface area contributed by atoms with Crippen molar-refractivity contribution in [3.05, 3.63) is 35.9 Å². The minimum atomic E-state index is -0.241. The van der Waals surface area contributed by atoms with Gasteiger partial charge in [0.1, 0.15) is 6.10 Å². The van der Waals surface area contributed by atoms with E-state index in [0.717, 1.165) is 19.6 Å². The number of carbonyl (C=O) groups excluding carboxylic acids is 1. The average Bonchev–Trinajstić information content (AvgIpc) is 2.78. The number of fused-ring (bicyclic) bond motifs is 2. The van der Waals surface area contributed by atoms with E-state index >= 15 is 0 Å². The van der Waals surface area contributed by atoms with Gasteiger partial charge in [0.15, 0.2) is 0 Å². The highest BCUT2D eigenvalue weighted by molar-refractivity contribution is 5.89.